The van der Waals surface area contributed by atoms with Gasteiger partial charge in [-0.15, -0.1) is 12.4 Å². The van der Waals surface area contributed by atoms with Gasteiger partial charge in [0.15, 0.2) is 0 Å². The molecule has 0 saturated heterocycles. The fourth-order valence-electron chi connectivity index (χ4n) is 3.82. The van der Waals surface area contributed by atoms with Gasteiger partial charge in [0.2, 0.25) is 5.95 Å². The van der Waals surface area contributed by atoms with Crippen molar-refractivity contribution < 1.29 is 0 Å². The molecule has 1 saturated carbocycles. The van der Waals surface area contributed by atoms with Gasteiger partial charge in [0.1, 0.15) is 5.52 Å². The van der Waals surface area contributed by atoms with Crippen LogP contribution in [0.1, 0.15) is 37.7 Å². The first-order valence-electron chi connectivity index (χ1n) is 8.15. The van der Waals surface area contributed by atoms with E-state index in [0.717, 1.165) is 57.1 Å². The molecular weight excluding hydrogens is 523 g/mol. The molecule has 0 bridgehead atoms. The molecule has 3 N–H and O–H groups in total. The highest BCUT2D eigenvalue weighted by Crippen LogP contribution is 2.43. The van der Waals surface area contributed by atoms with Gasteiger partial charge in [0.05, 0.1) is 9.99 Å². The van der Waals surface area contributed by atoms with Crippen molar-refractivity contribution in [1.29, 1.82) is 0 Å². The molecule has 8 heteroatoms. The lowest BCUT2D eigenvalue weighted by molar-refractivity contribution is 0.401. The maximum Gasteiger partial charge on any atom is 0.204 e. The van der Waals surface area contributed by atoms with E-state index in [-0.39, 0.29) is 18.4 Å². The molecule has 0 unspecified atom stereocenters. The van der Waals surface area contributed by atoms with Crippen LogP contribution in [0.4, 0.5) is 5.95 Å². The van der Waals surface area contributed by atoms with Crippen LogP contribution in [0.25, 0.3) is 11.0 Å². The Balaban J connectivity index is 0.00000169. The zero-order valence-corrected chi connectivity index (χ0v) is 18.7. The zero-order chi connectivity index (χ0) is 16.1. The smallest absolute Gasteiger partial charge is 0.204 e. The third-order valence-corrected chi connectivity index (χ3v) is 8.56. The maximum absolute atomic E-state index is 6.31. The van der Waals surface area contributed by atoms with Crippen LogP contribution in [0.3, 0.4) is 0 Å². The Morgan fingerprint density at radius 3 is 2.54 bits per heavy atom. The second-order valence-corrected chi connectivity index (χ2v) is 8.89. The van der Waals surface area contributed by atoms with Crippen LogP contribution >= 0.6 is 60.2 Å². The second-order valence-electron chi connectivity index (χ2n) is 6.51. The molecule has 2 aromatic rings. The van der Waals surface area contributed by atoms with E-state index in [0.29, 0.717) is 6.04 Å². The Morgan fingerprint density at radius 2 is 1.79 bits per heavy atom. The number of nitrogens with two attached hydrogens (primary N) is 1. The zero-order valence-electron chi connectivity index (χ0n) is 13.1. The van der Waals surface area contributed by atoms with Gasteiger partial charge in [-0.05, 0) is 79.0 Å². The van der Waals surface area contributed by atoms with Crippen LogP contribution in [-0.4, -0.2) is 21.6 Å². The minimum atomic E-state index is 0. The first-order chi connectivity index (χ1) is 11.1. The van der Waals surface area contributed by atoms with Crippen molar-refractivity contribution in [3.63, 3.8) is 0 Å². The van der Waals surface area contributed by atoms with Crippen molar-refractivity contribution in [2.45, 2.75) is 57.2 Å². The topological polar surface area (TPSA) is 55.9 Å². The van der Waals surface area contributed by atoms with Crippen molar-refractivity contribution in [3.8, 4) is 0 Å². The van der Waals surface area contributed by atoms with Gasteiger partial charge >= 0.3 is 0 Å². The second kappa shape index (κ2) is 7.43. The minimum absolute atomic E-state index is 0. The van der Waals surface area contributed by atoms with Crippen LogP contribution in [-0.2, 0) is 13.0 Å². The van der Waals surface area contributed by atoms with Gasteiger partial charge in [0.25, 0.3) is 0 Å². The molecule has 2 aliphatic rings. The van der Waals surface area contributed by atoms with E-state index in [9.17, 15) is 0 Å². The van der Waals surface area contributed by atoms with Crippen molar-refractivity contribution in [2.24, 2.45) is 5.73 Å². The first-order valence-corrected chi connectivity index (χ1v) is 10.5. The van der Waals surface area contributed by atoms with Gasteiger partial charge in [-0.1, -0.05) is 12.8 Å². The number of nitrogens with zero attached hydrogens (tertiary/aromatic N) is 2. The molecule has 1 aliphatic heterocycles. The van der Waals surface area contributed by atoms with Crippen LogP contribution in [0.15, 0.2) is 13.4 Å². The summed E-state index contributed by atoms with van der Waals surface area (Å²) in [6.45, 7) is 1.01. The highest BCUT2D eigenvalue weighted by atomic mass is 79.9. The van der Waals surface area contributed by atoms with Crippen molar-refractivity contribution in [1.82, 2.24) is 9.55 Å². The number of aryl methyl sites for hydroxylation is 2. The Kier molecular flexibility index (Phi) is 5.87. The number of halogens is 4. The van der Waals surface area contributed by atoms with Crippen LogP contribution in [0.2, 0.25) is 0 Å². The number of nitrogens with one attached hydrogen (secondary N) is 1. The van der Waals surface area contributed by atoms with E-state index in [1.807, 2.05) is 0 Å². The highest BCUT2D eigenvalue weighted by Gasteiger charge is 2.28. The number of benzene rings is 1. The van der Waals surface area contributed by atoms with E-state index in [4.69, 9.17) is 10.7 Å². The lowest BCUT2D eigenvalue weighted by Crippen LogP contribution is -2.43. The van der Waals surface area contributed by atoms with Crippen molar-refractivity contribution in [2.75, 3.05) is 5.32 Å². The number of imidazole rings is 1. The number of aromatic nitrogens is 2. The van der Waals surface area contributed by atoms with E-state index in [2.05, 4.69) is 57.7 Å². The summed E-state index contributed by atoms with van der Waals surface area (Å²) >= 11 is 11.1. The Bertz CT molecular complexity index is 777. The Labute approximate surface area is 173 Å². The number of anilines is 1. The Hall–Kier alpha value is 0.180. The highest BCUT2D eigenvalue weighted by molar-refractivity contribution is 9.14. The summed E-state index contributed by atoms with van der Waals surface area (Å²) in [5, 5.41) is 3.64. The fourth-order valence-corrected chi connectivity index (χ4v) is 5.58. The number of hydrogen-bond acceptors (Lipinski definition) is 3. The summed E-state index contributed by atoms with van der Waals surface area (Å²) in [7, 11) is 0. The van der Waals surface area contributed by atoms with Gasteiger partial charge < -0.3 is 15.6 Å². The van der Waals surface area contributed by atoms with Crippen LogP contribution < -0.4 is 11.1 Å². The van der Waals surface area contributed by atoms with E-state index in [1.54, 1.807) is 0 Å². The lowest BCUT2D eigenvalue weighted by atomic mass is 9.91. The number of hydrogen-bond donors (Lipinski definition) is 2. The minimum Gasteiger partial charge on any atom is -0.351 e. The average molecular weight is 544 g/mol. The molecule has 1 fully saturated rings. The predicted molar refractivity (Wildman–Crippen MR) is 112 cm³/mol. The molecule has 0 spiro atoms. The van der Waals surface area contributed by atoms with Crippen LogP contribution in [0, 0.1) is 0 Å². The summed E-state index contributed by atoms with van der Waals surface area (Å²) in [6.07, 6.45) is 6.94. The molecule has 0 amide bonds. The van der Waals surface area contributed by atoms with E-state index in [1.165, 1.54) is 23.9 Å². The quantitative estimate of drug-likeness (QED) is 0.501. The van der Waals surface area contributed by atoms with Crippen molar-refractivity contribution in [3.05, 3.63) is 19.0 Å². The summed E-state index contributed by atoms with van der Waals surface area (Å²) in [5.41, 5.74) is 9.92. The van der Waals surface area contributed by atoms with Gasteiger partial charge in [-0.2, -0.15) is 0 Å². The monoisotopic (exact) mass is 540 g/mol. The summed E-state index contributed by atoms with van der Waals surface area (Å²) < 4.78 is 5.53. The van der Waals surface area contributed by atoms with E-state index < -0.39 is 0 Å². The van der Waals surface area contributed by atoms with Crippen molar-refractivity contribution >= 4 is 77.2 Å². The summed E-state index contributed by atoms with van der Waals surface area (Å²) in [6, 6.07) is 0.550. The summed E-state index contributed by atoms with van der Waals surface area (Å²) in [5.74, 6) is 0.967. The molecule has 2 atom stereocenters. The van der Waals surface area contributed by atoms with Crippen LogP contribution in [0.5, 0.6) is 0 Å². The molecule has 1 aliphatic carbocycles. The molecule has 1 aromatic carbocycles. The summed E-state index contributed by atoms with van der Waals surface area (Å²) in [4.78, 5) is 4.91. The molecule has 4 nitrogen and oxygen atoms in total. The largest absolute Gasteiger partial charge is 0.351 e. The van der Waals surface area contributed by atoms with Gasteiger partial charge in [0, 0.05) is 27.6 Å². The first kappa shape index (κ1) is 19.0. The van der Waals surface area contributed by atoms with E-state index >= 15 is 0 Å². The average Bonchev–Trinajstić information content (AvgIpc) is 2.93. The van der Waals surface area contributed by atoms with Gasteiger partial charge in [-0.25, -0.2) is 4.98 Å². The molecule has 132 valence electrons. The standard InChI is InChI=1S/C16H19Br3N4.ClH/c17-11-8-4-3-7-23-15(8)14(13(19)12(11)18)22-16(23)21-10-6-2-1-5-9(10)20;/h9-10H,1-7,20H2,(H,21,22);1H/t9-,10-;/m1./s1. The third-order valence-electron chi connectivity index (χ3n) is 5.05. The Morgan fingerprint density at radius 1 is 1.04 bits per heavy atom. The molecule has 4 rings (SSSR count). The van der Waals surface area contributed by atoms with Gasteiger partial charge in [-0.3, -0.25) is 0 Å². The molecule has 1 aromatic heterocycles. The number of rotatable bonds is 2. The molecule has 2 heterocycles. The normalized spacial score (nSPS) is 23.2. The molecule has 0 radical (unpaired) electrons. The maximum atomic E-state index is 6.31. The fraction of sp³-hybridized carbons (Fsp3) is 0.562. The SMILES string of the molecule is Cl.N[C@@H]1CCCC[C@H]1Nc1nc2c(Br)c(Br)c(Br)c3c2n1CCC3. The lowest BCUT2D eigenvalue weighted by Gasteiger charge is -2.30. The molecule has 24 heavy (non-hydrogen) atoms. The molecular formula is C16H20Br3ClN4. The predicted octanol–water partition coefficient (Wildman–Crippen LogP) is 5.37. The third kappa shape index (κ3) is 3.04.